The summed E-state index contributed by atoms with van der Waals surface area (Å²) in [7, 11) is 0. The predicted molar refractivity (Wildman–Crippen MR) is 63.5 cm³/mol. The SMILES string of the molecule is Cc1cc2ccccc2n1CC1=NNNN1. The van der Waals surface area contributed by atoms with Crippen molar-refractivity contribution in [3.05, 3.63) is 36.0 Å². The van der Waals surface area contributed by atoms with Gasteiger partial charge in [-0.3, -0.25) is 5.43 Å². The lowest BCUT2D eigenvalue weighted by Crippen LogP contribution is -2.36. The molecular weight excluding hydrogens is 202 g/mol. The van der Waals surface area contributed by atoms with Gasteiger partial charge in [0.15, 0.2) is 5.84 Å². The van der Waals surface area contributed by atoms with Crippen LogP contribution in [-0.4, -0.2) is 10.4 Å². The highest BCUT2D eigenvalue weighted by molar-refractivity contribution is 5.86. The molecule has 16 heavy (non-hydrogen) atoms. The second-order valence-corrected chi connectivity index (χ2v) is 3.85. The van der Waals surface area contributed by atoms with Gasteiger partial charge in [0.25, 0.3) is 0 Å². The van der Waals surface area contributed by atoms with Gasteiger partial charge in [0, 0.05) is 11.2 Å². The Hall–Kier alpha value is -2.01. The number of fused-ring (bicyclic) bond motifs is 1. The van der Waals surface area contributed by atoms with E-state index >= 15 is 0 Å². The molecule has 2 heterocycles. The van der Waals surface area contributed by atoms with Crippen molar-refractivity contribution in [3.8, 4) is 0 Å². The molecule has 0 fully saturated rings. The molecule has 5 nitrogen and oxygen atoms in total. The van der Waals surface area contributed by atoms with E-state index in [-0.39, 0.29) is 0 Å². The molecule has 0 atom stereocenters. The van der Waals surface area contributed by atoms with Crippen LogP contribution in [0.1, 0.15) is 5.69 Å². The standard InChI is InChI=1S/C11H13N5/c1-8-6-9-4-2-3-5-10(9)16(8)7-11-12-14-15-13-11/h2-6,14-15H,7H2,1H3,(H,12,13). The molecule has 1 aliphatic heterocycles. The molecule has 0 unspecified atom stereocenters. The average molecular weight is 215 g/mol. The van der Waals surface area contributed by atoms with Gasteiger partial charge >= 0.3 is 0 Å². The number of aryl methyl sites for hydroxylation is 1. The third-order valence-corrected chi connectivity index (χ3v) is 2.78. The first-order valence-corrected chi connectivity index (χ1v) is 5.22. The summed E-state index contributed by atoms with van der Waals surface area (Å²) in [6.07, 6.45) is 0. The fourth-order valence-corrected chi connectivity index (χ4v) is 2.01. The summed E-state index contributed by atoms with van der Waals surface area (Å²) in [5, 5.41) is 5.35. The number of hydrazone groups is 1. The Morgan fingerprint density at radius 1 is 1.31 bits per heavy atom. The Morgan fingerprint density at radius 2 is 2.19 bits per heavy atom. The number of nitrogens with zero attached hydrogens (tertiary/aromatic N) is 2. The maximum atomic E-state index is 4.08. The predicted octanol–water partition coefficient (Wildman–Crippen LogP) is 0.876. The van der Waals surface area contributed by atoms with Crippen molar-refractivity contribution in [3.63, 3.8) is 0 Å². The van der Waals surface area contributed by atoms with Crippen LogP contribution >= 0.6 is 0 Å². The van der Waals surface area contributed by atoms with E-state index in [1.54, 1.807) is 0 Å². The Balaban J connectivity index is 2.04. The summed E-state index contributed by atoms with van der Waals surface area (Å²) in [5.41, 5.74) is 10.8. The first-order chi connectivity index (χ1) is 7.84. The minimum atomic E-state index is 0.735. The Bertz CT molecular complexity index is 555. The third-order valence-electron chi connectivity index (χ3n) is 2.78. The second-order valence-electron chi connectivity index (χ2n) is 3.85. The highest BCUT2D eigenvalue weighted by atomic mass is 15.8. The molecule has 0 aliphatic carbocycles. The van der Waals surface area contributed by atoms with Gasteiger partial charge in [-0.2, -0.15) is 0 Å². The van der Waals surface area contributed by atoms with Crippen molar-refractivity contribution in [2.75, 3.05) is 0 Å². The molecule has 0 saturated carbocycles. The Kier molecular flexibility index (Phi) is 2.04. The summed E-state index contributed by atoms with van der Waals surface area (Å²) in [6.45, 7) is 2.84. The molecular formula is C11H13N5. The number of para-hydroxylation sites is 1. The summed E-state index contributed by atoms with van der Waals surface area (Å²) in [5.74, 6) is 0.879. The van der Waals surface area contributed by atoms with Gasteiger partial charge in [-0.05, 0) is 24.4 Å². The van der Waals surface area contributed by atoms with E-state index in [4.69, 9.17) is 0 Å². The molecule has 0 radical (unpaired) electrons. The molecule has 0 bridgehead atoms. The maximum Gasteiger partial charge on any atom is 0.159 e. The molecule has 3 N–H and O–H groups in total. The molecule has 5 heteroatoms. The van der Waals surface area contributed by atoms with Crippen LogP contribution in [-0.2, 0) is 6.54 Å². The summed E-state index contributed by atoms with van der Waals surface area (Å²) < 4.78 is 2.23. The normalized spacial score (nSPS) is 14.7. The molecule has 0 saturated heterocycles. The fourth-order valence-electron chi connectivity index (χ4n) is 2.01. The number of aromatic nitrogens is 1. The molecule has 1 aromatic carbocycles. The lowest BCUT2D eigenvalue weighted by molar-refractivity contribution is 0.575. The van der Waals surface area contributed by atoms with E-state index in [0.29, 0.717) is 0 Å². The van der Waals surface area contributed by atoms with E-state index in [1.165, 1.54) is 16.6 Å². The molecule has 3 rings (SSSR count). The zero-order valence-electron chi connectivity index (χ0n) is 8.99. The minimum Gasteiger partial charge on any atom is -0.337 e. The highest BCUT2D eigenvalue weighted by Crippen LogP contribution is 2.18. The second kappa shape index (κ2) is 3.53. The van der Waals surface area contributed by atoms with Gasteiger partial charge in [0.1, 0.15) is 0 Å². The van der Waals surface area contributed by atoms with Crippen LogP contribution in [0.25, 0.3) is 10.9 Å². The summed E-state index contributed by atoms with van der Waals surface area (Å²) in [4.78, 5) is 0. The van der Waals surface area contributed by atoms with Crippen LogP contribution in [0.4, 0.5) is 0 Å². The van der Waals surface area contributed by atoms with E-state index in [9.17, 15) is 0 Å². The maximum absolute atomic E-state index is 4.08. The fraction of sp³-hybridized carbons (Fsp3) is 0.182. The Labute approximate surface area is 93.1 Å². The summed E-state index contributed by atoms with van der Waals surface area (Å²) >= 11 is 0. The molecule has 1 aliphatic rings. The van der Waals surface area contributed by atoms with Crippen LogP contribution < -0.4 is 16.5 Å². The minimum absolute atomic E-state index is 0.735. The van der Waals surface area contributed by atoms with Crippen LogP contribution in [0.5, 0.6) is 0 Å². The van der Waals surface area contributed by atoms with Gasteiger partial charge in [-0.25, -0.2) is 5.53 Å². The monoisotopic (exact) mass is 215 g/mol. The number of hydrogen-bond donors (Lipinski definition) is 3. The highest BCUT2D eigenvalue weighted by Gasteiger charge is 2.09. The van der Waals surface area contributed by atoms with E-state index in [2.05, 4.69) is 63.4 Å². The van der Waals surface area contributed by atoms with E-state index in [1.807, 2.05) is 0 Å². The van der Waals surface area contributed by atoms with E-state index < -0.39 is 0 Å². The van der Waals surface area contributed by atoms with E-state index in [0.717, 1.165) is 12.4 Å². The van der Waals surface area contributed by atoms with Gasteiger partial charge in [-0.15, -0.1) is 10.6 Å². The first-order valence-electron chi connectivity index (χ1n) is 5.22. The molecule has 2 aromatic rings. The van der Waals surface area contributed by atoms with Gasteiger partial charge in [0.2, 0.25) is 0 Å². The van der Waals surface area contributed by atoms with Crippen molar-refractivity contribution in [1.82, 2.24) is 21.1 Å². The van der Waals surface area contributed by atoms with Crippen molar-refractivity contribution in [1.29, 1.82) is 0 Å². The average Bonchev–Trinajstić information content (AvgIpc) is 2.89. The largest absolute Gasteiger partial charge is 0.337 e. The van der Waals surface area contributed by atoms with Crippen molar-refractivity contribution in [2.24, 2.45) is 5.10 Å². The number of hydrogen-bond acceptors (Lipinski definition) is 4. The van der Waals surface area contributed by atoms with Crippen LogP contribution in [0.2, 0.25) is 0 Å². The molecule has 0 spiro atoms. The number of amidine groups is 1. The zero-order chi connectivity index (χ0) is 11.0. The molecule has 82 valence electrons. The van der Waals surface area contributed by atoms with Gasteiger partial charge in [0.05, 0.1) is 6.54 Å². The quantitative estimate of drug-likeness (QED) is 0.697. The van der Waals surface area contributed by atoms with Gasteiger partial charge in [-0.1, -0.05) is 18.2 Å². The number of benzene rings is 1. The topological polar surface area (TPSA) is 53.4 Å². The van der Waals surface area contributed by atoms with Crippen LogP contribution in [0.3, 0.4) is 0 Å². The Morgan fingerprint density at radius 3 is 3.00 bits per heavy atom. The lowest BCUT2D eigenvalue weighted by atomic mass is 10.2. The zero-order valence-corrected chi connectivity index (χ0v) is 8.99. The molecule has 0 amide bonds. The van der Waals surface area contributed by atoms with Crippen molar-refractivity contribution in [2.45, 2.75) is 13.5 Å². The third kappa shape index (κ3) is 1.42. The number of nitrogens with one attached hydrogen (secondary N) is 3. The van der Waals surface area contributed by atoms with Gasteiger partial charge < -0.3 is 4.57 Å². The molecule has 1 aromatic heterocycles. The lowest BCUT2D eigenvalue weighted by Gasteiger charge is -2.07. The number of rotatable bonds is 2. The van der Waals surface area contributed by atoms with Crippen molar-refractivity contribution >= 4 is 16.7 Å². The summed E-state index contributed by atoms with van der Waals surface area (Å²) in [6, 6.07) is 10.5. The van der Waals surface area contributed by atoms with Crippen LogP contribution in [0, 0.1) is 6.92 Å². The van der Waals surface area contributed by atoms with Crippen LogP contribution in [0.15, 0.2) is 35.4 Å². The van der Waals surface area contributed by atoms with Crippen molar-refractivity contribution < 1.29 is 0 Å². The first kappa shape index (κ1) is 9.23. The number of hydrazine groups is 2. The smallest absolute Gasteiger partial charge is 0.159 e.